The highest BCUT2D eigenvalue weighted by Crippen LogP contribution is 2.51. The highest BCUT2D eigenvalue weighted by molar-refractivity contribution is 6.08. The van der Waals surface area contributed by atoms with Crippen LogP contribution in [0.5, 0.6) is 0 Å². The van der Waals surface area contributed by atoms with Gasteiger partial charge in [-0.25, -0.2) is 0 Å². The lowest BCUT2D eigenvalue weighted by Crippen LogP contribution is -2.16. The standard InChI is InChI=1S/C49H37N/c1-49(2)45-21-10-9-19-43(45)44-32-31-41(33-46(44)49)50(40-29-27-37(28-30-40)35-15-7-4-8-16-35)47-22-12-18-39-17-11-20-42(48(39)47)38-25-23-36(24-26-38)34-13-5-3-6-14-34/h3-33H,1-2H3. The highest BCUT2D eigenvalue weighted by Gasteiger charge is 2.35. The van der Waals surface area contributed by atoms with Crippen molar-refractivity contribution in [3.05, 3.63) is 199 Å². The van der Waals surface area contributed by atoms with Gasteiger partial charge in [-0.3, -0.25) is 0 Å². The van der Waals surface area contributed by atoms with E-state index >= 15 is 0 Å². The summed E-state index contributed by atoms with van der Waals surface area (Å²) in [5, 5.41) is 2.45. The van der Waals surface area contributed by atoms with Crippen molar-refractivity contribution in [2.24, 2.45) is 0 Å². The number of hydrogen-bond donors (Lipinski definition) is 0. The molecule has 9 rings (SSSR count). The van der Waals surface area contributed by atoms with Crippen LogP contribution in [0.15, 0.2) is 188 Å². The van der Waals surface area contributed by atoms with Gasteiger partial charge in [-0.15, -0.1) is 0 Å². The van der Waals surface area contributed by atoms with Crippen molar-refractivity contribution in [3.8, 4) is 44.5 Å². The summed E-state index contributed by atoms with van der Waals surface area (Å²) in [5.74, 6) is 0. The van der Waals surface area contributed by atoms with Gasteiger partial charge in [0.2, 0.25) is 0 Å². The summed E-state index contributed by atoms with van der Waals surface area (Å²) in [6.07, 6.45) is 0. The summed E-state index contributed by atoms with van der Waals surface area (Å²) < 4.78 is 0. The topological polar surface area (TPSA) is 3.24 Å². The number of hydrogen-bond acceptors (Lipinski definition) is 1. The maximum absolute atomic E-state index is 2.46. The molecule has 0 fully saturated rings. The van der Waals surface area contributed by atoms with E-state index in [0.717, 1.165) is 17.1 Å². The molecule has 0 spiro atoms. The Morgan fingerprint density at radius 3 is 1.54 bits per heavy atom. The molecule has 0 N–H and O–H groups in total. The fraction of sp³-hybridized carbons (Fsp3) is 0.0612. The van der Waals surface area contributed by atoms with Gasteiger partial charge in [-0.05, 0) is 91.4 Å². The van der Waals surface area contributed by atoms with E-state index in [0.29, 0.717) is 0 Å². The fourth-order valence-electron chi connectivity index (χ4n) is 7.91. The smallest absolute Gasteiger partial charge is 0.0546 e. The van der Waals surface area contributed by atoms with Crippen LogP contribution in [0.2, 0.25) is 0 Å². The summed E-state index contributed by atoms with van der Waals surface area (Å²) in [6, 6.07) is 68.6. The van der Waals surface area contributed by atoms with Gasteiger partial charge in [-0.2, -0.15) is 0 Å². The van der Waals surface area contributed by atoms with Gasteiger partial charge in [-0.1, -0.05) is 172 Å². The molecule has 1 heteroatoms. The van der Waals surface area contributed by atoms with Gasteiger partial charge >= 0.3 is 0 Å². The minimum atomic E-state index is -0.102. The van der Waals surface area contributed by atoms with Crippen LogP contribution in [0.4, 0.5) is 17.1 Å². The van der Waals surface area contributed by atoms with Crippen LogP contribution in [-0.4, -0.2) is 0 Å². The van der Waals surface area contributed by atoms with Crippen LogP contribution in [0.1, 0.15) is 25.0 Å². The summed E-state index contributed by atoms with van der Waals surface area (Å²) in [7, 11) is 0. The van der Waals surface area contributed by atoms with Crippen molar-refractivity contribution < 1.29 is 0 Å². The van der Waals surface area contributed by atoms with Crippen molar-refractivity contribution in [3.63, 3.8) is 0 Å². The normalized spacial score (nSPS) is 12.8. The van der Waals surface area contributed by atoms with E-state index in [1.807, 2.05) is 0 Å². The molecule has 0 aliphatic heterocycles. The zero-order valence-electron chi connectivity index (χ0n) is 28.3. The van der Waals surface area contributed by atoms with E-state index in [9.17, 15) is 0 Å². The Balaban J connectivity index is 1.23. The first-order valence-corrected chi connectivity index (χ1v) is 17.4. The molecule has 1 nitrogen and oxygen atoms in total. The second-order valence-corrected chi connectivity index (χ2v) is 13.8. The second-order valence-electron chi connectivity index (χ2n) is 13.8. The molecule has 238 valence electrons. The van der Waals surface area contributed by atoms with Crippen LogP contribution in [0.25, 0.3) is 55.3 Å². The molecule has 8 aromatic carbocycles. The molecule has 0 amide bonds. The number of anilines is 3. The third-order valence-corrected chi connectivity index (χ3v) is 10.5. The largest absolute Gasteiger partial charge is 0.310 e. The van der Waals surface area contributed by atoms with Gasteiger partial charge in [0.25, 0.3) is 0 Å². The molecule has 50 heavy (non-hydrogen) atoms. The molecule has 0 radical (unpaired) electrons. The summed E-state index contributed by atoms with van der Waals surface area (Å²) in [4.78, 5) is 2.46. The molecule has 0 saturated heterocycles. The molecular formula is C49H37N. The molecule has 0 unspecified atom stereocenters. The fourth-order valence-corrected chi connectivity index (χ4v) is 7.91. The van der Waals surface area contributed by atoms with E-state index in [-0.39, 0.29) is 5.41 Å². The molecular weight excluding hydrogens is 603 g/mol. The summed E-state index contributed by atoms with van der Waals surface area (Å²) in [6.45, 7) is 4.71. The van der Waals surface area contributed by atoms with Gasteiger partial charge < -0.3 is 4.90 Å². The Hall–Kier alpha value is -6.18. The predicted octanol–water partition coefficient (Wildman–Crippen LogP) is 13.6. The van der Waals surface area contributed by atoms with E-state index in [1.165, 1.54) is 66.4 Å². The number of benzene rings is 8. The molecule has 1 aliphatic rings. The molecule has 0 heterocycles. The summed E-state index contributed by atoms with van der Waals surface area (Å²) >= 11 is 0. The van der Waals surface area contributed by atoms with Crippen molar-refractivity contribution in [1.29, 1.82) is 0 Å². The number of fused-ring (bicyclic) bond motifs is 4. The minimum absolute atomic E-state index is 0.102. The number of rotatable bonds is 6. The van der Waals surface area contributed by atoms with Gasteiger partial charge in [0, 0.05) is 22.2 Å². The maximum Gasteiger partial charge on any atom is 0.0546 e. The van der Waals surface area contributed by atoms with E-state index in [2.05, 4.69) is 207 Å². The lowest BCUT2D eigenvalue weighted by atomic mass is 9.82. The highest BCUT2D eigenvalue weighted by atomic mass is 15.1. The lowest BCUT2D eigenvalue weighted by Gasteiger charge is -2.30. The third-order valence-electron chi connectivity index (χ3n) is 10.5. The average molecular weight is 640 g/mol. The monoisotopic (exact) mass is 639 g/mol. The van der Waals surface area contributed by atoms with Crippen LogP contribution >= 0.6 is 0 Å². The lowest BCUT2D eigenvalue weighted by molar-refractivity contribution is 0.660. The first-order chi connectivity index (χ1) is 24.6. The Kier molecular flexibility index (Phi) is 7.21. The minimum Gasteiger partial charge on any atom is -0.310 e. The van der Waals surface area contributed by atoms with Crippen LogP contribution < -0.4 is 4.90 Å². The van der Waals surface area contributed by atoms with Crippen LogP contribution in [-0.2, 0) is 5.41 Å². The molecule has 0 bridgehead atoms. The SMILES string of the molecule is CC1(C)c2ccccc2-c2ccc(N(c3ccc(-c4ccccc4)cc3)c3cccc4cccc(-c5ccc(-c6ccccc6)cc5)c34)cc21. The zero-order valence-corrected chi connectivity index (χ0v) is 28.3. The number of nitrogens with zero attached hydrogens (tertiary/aromatic N) is 1. The average Bonchev–Trinajstić information content (AvgIpc) is 3.41. The second kappa shape index (κ2) is 12.1. The molecule has 1 aliphatic carbocycles. The summed E-state index contributed by atoms with van der Waals surface area (Å²) in [5.41, 5.74) is 16.0. The van der Waals surface area contributed by atoms with Crippen molar-refractivity contribution in [1.82, 2.24) is 0 Å². The zero-order chi connectivity index (χ0) is 33.7. The van der Waals surface area contributed by atoms with Crippen LogP contribution in [0.3, 0.4) is 0 Å². The van der Waals surface area contributed by atoms with Gasteiger partial charge in [0.15, 0.2) is 0 Å². The Bertz CT molecular complexity index is 2470. The van der Waals surface area contributed by atoms with Gasteiger partial charge in [0.05, 0.1) is 5.69 Å². The van der Waals surface area contributed by atoms with Crippen molar-refractivity contribution in [2.75, 3.05) is 4.90 Å². The van der Waals surface area contributed by atoms with Crippen molar-refractivity contribution in [2.45, 2.75) is 19.3 Å². The maximum atomic E-state index is 2.46. The van der Waals surface area contributed by atoms with Crippen molar-refractivity contribution >= 4 is 27.8 Å². The first-order valence-electron chi connectivity index (χ1n) is 17.4. The van der Waals surface area contributed by atoms with Gasteiger partial charge in [0.1, 0.15) is 0 Å². The van der Waals surface area contributed by atoms with E-state index in [1.54, 1.807) is 0 Å². The molecule has 8 aromatic rings. The molecule has 0 saturated carbocycles. The quantitative estimate of drug-likeness (QED) is 0.175. The Labute approximate surface area is 294 Å². The molecule has 0 atom stereocenters. The van der Waals surface area contributed by atoms with E-state index < -0.39 is 0 Å². The third kappa shape index (κ3) is 5.02. The predicted molar refractivity (Wildman–Crippen MR) is 213 cm³/mol. The Morgan fingerprint density at radius 2 is 0.860 bits per heavy atom. The van der Waals surface area contributed by atoms with E-state index in [4.69, 9.17) is 0 Å². The molecule has 0 aromatic heterocycles. The Morgan fingerprint density at radius 1 is 0.360 bits per heavy atom. The first kappa shape index (κ1) is 29.9. The van der Waals surface area contributed by atoms with Crippen LogP contribution in [0, 0.1) is 0 Å².